The molecule has 0 aromatic carbocycles. The molecular formula is C27H27N7O3. The van der Waals surface area contributed by atoms with Crippen LogP contribution in [-0.2, 0) is 13.0 Å². The zero-order valence-corrected chi connectivity index (χ0v) is 20.4. The predicted molar refractivity (Wildman–Crippen MR) is 135 cm³/mol. The Morgan fingerprint density at radius 1 is 1.19 bits per heavy atom. The van der Waals surface area contributed by atoms with E-state index in [4.69, 9.17) is 9.26 Å². The third-order valence-electron chi connectivity index (χ3n) is 6.76. The summed E-state index contributed by atoms with van der Waals surface area (Å²) in [7, 11) is 0. The highest BCUT2D eigenvalue weighted by Crippen LogP contribution is 2.35. The number of ether oxygens (including phenoxy) is 1. The molecule has 0 radical (unpaired) electrons. The molecule has 0 amide bonds. The Bertz CT molecular complexity index is 1410. The van der Waals surface area contributed by atoms with Gasteiger partial charge in [-0.05, 0) is 43.7 Å². The van der Waals surface area contributed by atoms with E-state index in [-0.39, 0.29) is 18.4 Å². The van der Waals surface area contributed by atoms with Crippen molar-refractivity contribution in [1.29, 1.82) is 0 Å². The zero-order chi connectivity index (χ0) is 25.0. The van der Waals surface area contributed by atoms with E-state index in [0.717, 1.165) is 38.8 Å². The number of carbonyl (C=O) groups is 1. The minimum absolute atomic E-state index is 0.0409. The fraction of sp³-hybridized carbons (Fsp3) is 0.370. The molecule has 3 aliphatic rings. The molecule has 6 heterocycles. The lowest BCUT2D eigenvalue weighted by Crippen LogP contribution is -2.44. The molecule has 1 fully saturated rings. The Balaban J connectivity index is 1.22. The summed E-state index contributed by atoms with van der Waals surface area (Å²) in [6.07, 6.45) is 13.2. The fourth-order valence-corrected chi connectivity index (χ4v) is 4.98. The minimum atomic E-state index is -0.0409. The number of ketones is 1. The van der Waals surface area contributed by atoms with E-state index in [9.17, 15) is 4.79 Å². The number of nitrogens with zero attached hydrogens (tertiary/aromatic N) is 7. The molecule has 0 saturated carbocycles. The lowest BCUT2D eigenvalue weighted by Gasteiger charge is -2.34. The molecule has 1 unspecified atom stereocenters. The van der Waals surface area contributed by atoms with Crippen LogP contribution in [-0.4, -0.2) is 67.0 Å². The van der Waals surface area contributed by atoms with Gasteiger partial charge in [0.05, 0.1) is 24.4 Å². The van der Waals surface area contributed by atoms with Crippen LogP contribution in [0, 0.1) is 0 Å². The minimum Gasteiger partial charge on any atom is -0.477 e. The molecule has 3 aromatic heterocycles. The first-order valence-corrected chi connectivity index (χ1v) is 12.7. The summed E-state index contributed by atoms with van der Waals surface area (Å²) in [5, 5.41) is 8.78. The highest BCUT2D eigenvalue weighted by molar-refractivity contribution is 6.06. The first-order chi connectivity index (χ1) is 18.3. The topological polar surface area (TPSA) is 112 Å². The van der Waals surface area contributed by atoms with Crippen molar-refractivity contribution in [2.75, 3.05) is 19.7 Å². The fourth-order valence-electron chi connectivity index (χ4n) is 4.98. The van der Waals surface area contributed by atoms with E-state index in [1.807, 2.05) is 18.2 Å². The number of rotatable bonds is 7. The molecule has 0 aliphatic carbocycles. The monoisotopic (exact) mass is 497 g/mol. The van der Waals surface area contributed by atoms with E-state index < -0.39 is 0 Å². The standard InChI is InChI=1S/C27H27N7O3/c35-22(25-24(20-10-3-6-13-28-20)27-34(31-25)15-8-16-36-27)18-33-14-7-4-9-19(33)17-23-30-26(32-37-23)21-11-2-1-5-12-29-21/h1,3,5-6,10-13,19H,4,7-9,14-18H2. The molecular weight excluding hydrogens is 470 g/mol. The van der Waals surface area contributed by atoms with Gasteiger partial charge in [0.15, 0.2) is 5.78 Å². The van der Waals surface area contributed by atoms with E-state index in [1.165, 1.54) is 0 Å². The summed E-state index contributed by atoms with van der Waals surface area (Å²) in [6.45, 7) is 2.41. The number of aryl methyl sites for hydroxylation is 1. The van der Waals surface area contributed by atoms with Crippen molar-refractivity contribution in [2.45, 2.75) is 44.7 Å². The summed E-state index contributed by atoms with van der Waals surface area (Å²) in [4.78, 5) is 29.3. The first-order valence-electron chi connectivity index (χ1n) is 12.7. The van der Waals surface area contributed by atoms with Crippen molar-refractivity contribution in [3.05, 3.63) is 72.0 Å². The van der Waals surface area contributed by atoms with E-state index in [0.29, 0.717) is 53.3 Å². The molecule has 3 aromatic rings. The quantitative estimate of drug-likeness (QED) is 0.361. The van der Waals surface area contributed by atoms with Gasteiger partial charge in [0.1, 0.15) is 11.4 Å². The van der Waals surface area contributed by atoms with Crippen LogP contribution in [0.5, 0.6) is 5.88 Å². The Labute approximate surface area is 214 Å². The number of aromatic nitrogens is 5. The first kappa shape index (κ1) is 23.3. The van der Waals surface area contributed by atoms with Crippen LogP contribution in [0.1, 0.15) is 47.9 Å². The number of aliphatic imine (C=N–C) groups is 1. The molecule has 37 heavy (non-hydrogen) atoms. The number of hydrogen-bond donors (Lipinski definition) is 0. The summed E-state index contributed by atoms with van der Waals surface area (Å²) in [6, 6.07) is 5.77. The van der Waals surface area contributed by atoms with Gasteiger partial charge in [-0.15, -0.1) is 5.73 Å². The molecule has 0 N–H and O–H groups in total. The summed E-state index contributed by atoms with van der Waals surface area (Å²) in [5.41, 5.74) is 5.40. The SMILES string of the molecule is O=C(CN1CCCCC1Cc1nc(C2=NC=CC=C=C2)no1)c1nn2c(c1-c1ccccn1)OCCC2. The van der Waals surface area contributed by atoms with Crippen LogP contribution >= 0.6 is 0 Å². The van der Waals surface area contributed by atoms with Gasteiger partial charge < -0.3 is 9.26 Å². The number of likely N-dealkylation sites (tertiary alicyclic amines) is 1. The summed E-state index contributed by atoms with van der Waals surface area (Å²) >= 11 is 0. The Kier molecular flexibility index (Phi) is 6.58. The third-order valence-corrected chi connectivity index (χ3v) is 6.76. The lowest BCUT2D eigenvalue weighted by atomic mass is 9.98. The number of hydrogen-bond acceptors (Lipinski definition) is 9. The van der Waals surface area contributed by atoms with Gasteiger partial charge in [-0.3, -0.25) is 19.7 Å². The number of Topliss-reactive ketones (excluding diaryl/α,β-unsaturated/α-hetero) is 1. The second-order valence-corrected chi connectivity index (χ2v) is 9.26. The number of allylic oxidation sites excluding steroid dienone is 2. The molecule has 10 heteroatoms. The Morgan fingerprint density at radius 3 is 3.08 bits per heavy atom. The van der Waals surface area contributed by atoms with Gasteiger partial charge in [0.25, 0.3) is 0 Å². The smallest absolute Gasteiger partial charge is 0.228 e. The largest absolute Gasteiger partial charge is 0.477 e. The van der Waals surface area contributed by atoms with E-state index >= 15 is 0 Å². The van der Waals surface area contributed by atoms with Gasteiger partial charge >= 0.3 is 0 Å². The normalized spacial score (nSPS) is 19.2. The molecule has 0 spiro atoms. The average molecular weight is 498 g/mol. The van der Waals surface area contributed by atoms with Gasteiger partial charge in [0.2, 0.25) is 17.6 Å². The van der Waals surface area contributed by atoms with Crippen molar-refractivity contribution in [1.82, 2.24) is 29.8 Å². The van der Waals surface area contributed by atoms with Gasteiger partial charge in [0, 0.05) is 43.9 Å². The van der Waals surface area contributed by atoms with Gasteiger partial charge in [-0.1, -0.05) is 17.6 Å². The molecule has 188 valence electrons. The van der Waals surface area contributed by atoms with Crippen LogP contribution < -0.4 is 4.74 Å². The number of carbonyl (C=O) groups excluding carboxylic acids is 1. The maximum absolute atomic E-state index is 13.7. The number of fused-ring (bicyclic) bond motifs is 1. The van der Waals surface area contributed by atoms with Crippen molar-refractivity contribution in [2.24, 2.45) is 4.99 Å². The number of piperidine rings is 1. The third kappa shape index (κ3) is 4.94. The zero-order valence-electron chi connectivity index (χ0n) is 20.4. The van der Waals surface area contributed by atoms with Crippen LogP contribution in [0.3, 0.4) is 0 Å². The second-order valence-electron chi connectivity index (χ2n) is 9.26. The highest BCUT2D eigenvalue weighted by atomic mass is 16.5. The average Bonchev–Trinajstić information content (AvgIpc) is 3.46. The maximum Gasteiger partial charge on any atom is 0.228 e. The molecule has 0 bridgehead atoms. The van der Waals surface area contributed by atoms with Crippen molar-refractivity contribution in [3.8, 4) is 17.1 Å². The highest BCUT2D eigenvalue weighted by Gasteiger charge is 2.32. The Morgan fingerprint density at radius 2 is 2.16 bits per heavy atom. The van der Waals surface area contributed by atoms with Crippen LogP contribution in [0.25, 0.3) is 11.3 Å². The Hall–Kier alpha value is -4.14. The van der Waals surface area contributed by atoms with Crippen molar-refractivity contribution < 1.29 is 14.1 Å². The van der Waals surface area contributed by atoms with Crippen LogP contribution in [0.15, 0.2) is 64.1 Å². The van der Waals surface area contributed by atoms with Crippen LogP contribution in [0.2, 0.25) is 0 Å². The maximum atomic E-state index is 13.7. The predicted octanol–water partition coefficient (Wildman–Crippen LogP) is 3.42. The van der Waals surface area contributed by atoms with Crippen molar-refractivity contribution >= 4 is 11.5 Å². The van der Waals surface area contributed by atoms with Crippen molar-refractivity contribution in [3.63, 3.8) is 0 Å². The molecule has 10 nitrogen and oxygen atoms in total. The molecule has 3 aliphatic heterocycles. The van der Waals surface area contributed by atoms with E-state index in [2.05, 4.69) is 35.8 Å². The lowest BCUT2D eigenvalue weighted by molar-refractivity contribution is 0.0827. The van der Waals surface area contributed by atoms with Gasteiger partial charge in [-0.2, -0.15) is 10.1 Å². The molecule has 1 atom stereocenters. The number of pyridine rings is 1. The molecule has 1 saturated heterocycles. The van der Waals surface area contributed by atoms with Crippen LogP contribution in [0.4, 0.5) is 0 Å². The summed E-state index contributed by atoms with van der Waals surface area (Å²) in [5.74, 6) is 1.56. The summed E-state index contributed by atoms with van der Waals surface area (Å²) < 4.78 is 13.3. The van der Waals surface area contributed by atoms with E-state index in [1.54, 1.807) is 35.3 Å². The van der Waals surface area contributed by atoms with Gasteiger partial charge in [-0.25, -0.2) is 4.68 Å². The second kappa shape index (κ2) is 10.5. The molecule has 6 rings (SSSR count).